The van der Waals surface area contributed by atoms with Crippen molar-refractivity contribution in [2.45, 2.75) is 0 Å². The van der Waals surface area contributed by atoms with E-state index >= 15 is 0 Å². The fraction of sp³-hybridized carbons (Fsp3) is 0.143. The smallest absolute Gasteiger partial charge is 0.155 e. The molecule has 56 valence electrons. The van der Waals surface area contributed by atoms with Crippen LogP contribution >= 0.6 is 0 Å². The quantitative estimate of drug-likeness (QED) is 0.649. The topological polar surface area (TPSA) is 42.2 Å². The van der Waals surface area contributed by atoms with Gasteiger partial charge in [0.05, 0.1) is 12.4 Å². The number of aromatic nitrogens is 3. The van der Waals surface area contributed by atoms with Gasteiger partial charge in [-0.15, -0.1) is 0 Å². The van der Waals surface area contributed by atoms with E-state index in [1.165, 1.54) is 0 Å². The zero-order valence-electron chi connectivity index (χ0n) is 6.15. The number of nitrogens with one attached hydrogen (secondary N) is 1. The van der Waals surface area contributed by atoms with Gasteiger partial charge in [-0.25, -0.2) is 9.97 Å². The highest BCUT2D eigenvalue weighted by Gasteiger charge is 1.93. The van der Waals surface area contributed by atoms with Crippen LogP contribution in [0.4, 0.5) is 5.82 Å². The van der Waals surface area contributed by atoms with Gasteiger partial charge in [0, 0.05) is 19.4 Å². The summed E-state index contributed by atoms with van der Waals surface area (Å²) >= 11 is 0. The van der Waals surface area contributed by atoms with Crippen molar-refractivity contribution in [1.82, 2.24) is 14.4 Å². The maximum Gasteiger partial charge on any atom is 0.155 e. The lowest BCUT2D eigenvalue weighted by Gasteiger charge is -1.97. The second-order valence-electron chi connectivity index (χ2n) is 2.22. The summed E-state index contributed by atoms with van der Waals surface area (Å²) in [5.74, 6) is 0.843. The van der Waals surface area contributed by atoms with Crippen molar-refractivity contribution in [3.05, 3.63) is 24.8 Å². The standard InChI is InChI=1S/C7H8N4/c1-8-6-5-11-3-2-9-7(11)4-10-6/h2-5,8H,1H3. The summed E-state index contributed by atoms with van der Waals surface area (Å²) in [7, 11) is 1.84. The molecule has 1 N–H and O–H groups in total. The second kappa shape index (κ2) is 2.23. The van der Waals surface area contributed by atoms with Crippen molar-refractivity contribution < 1.29 is 0 Å². The first-order chi connectivity index (χ1) is 5.40. The van der Waals surface area contributed by atoms with Crippen LogP contribution in [0.2, 0.25) is 0 Å². The van der Waals surface area contributed by atoms with Crippen molar-refractivity contribution in [2.24, 2.45) is 0 Å². The van der Waals surface area contributed by atoms with Crippen molar-refractivity contribution >= 4 is 11.5 Å². The van der Waals surface area contributed by atoms with Gasteiger partial charge in [-0.1, -0.05) is 0 Å². The summed E-state index contributed by atoms with van der Waals surface area (Å²) in [6, 6.07) is 0. The van der Waals surface area contributed by atoms with Gasteiger partial charge in [0.15, 0.2) is 5.65 Å². The molecule has 0 aliphatic heterocycles. The van der Waals surface area contributed by atoms with Gasteiger partial charge < -0.3 is 9.72 Å². The second-order valence-corrected chi connectivity index (χ2v) is 2.22. The Morgan fingerprint density at radius 2 is 2.36 bits per heavy atom. The molecule has 2 heterocycles. The molecule has 0 saturated carbocycles. The molecule has 2 aromatic heterocycles. The van der Waals surface area contributed by atoms with Crippen LogP contribution in [-0.2, 0) is 0 Å². The highest BCUT2D eigenvalue weighted by atomic mass is 15.1. The molecule has 4 heteroatoms. The van der Waals surface area contributed by atoms with Crippen LogP contribution in [0.1, 0.15) is 0 Å². The third-order valence-corrected chi connectivity index (χ3v) is 1.54. The van der Waals surface area contributed by atoms with Gasteiger partial charge in [-0.2, -0.15) is 0 Å². The Hall–Kier alpha value is -1.58. The molecule has 0 spiro atoms. The average Bonchev–Trinajstić information content (AvgIpc) is 2.50. The van der Waals surface area contributed by atoms with Crippen LogP contribution in [-0.4, -0.2) is 21.4 Å². The monoisotopic (exact) mass is 148 g/mol. The summed E-state index contributed by atoms with van der Waals surface area (Å²) in [4.78, 5) is 8.17. The molecule has 11 heavy (non-hydrogen) atoms. The number of hydrogen-bond acceptors (Lipinski definition) is 3. The Balaban J connectivity index is 2.67. The zero-order valence-corrected chi connectivity index (χ0v) is 6.15. The number of imidazole rings is 1. The van der Waals surface area contributed by atoms with E-state index in [0.29, 0.717) is 0 Å². The minimum absolute atomic E-state index is 0.843. The molecule has 0 fully saturated rings. The van der Waals surface area contributed by atoms with E-state index < -0.39 is 0 Å². The molecule has 0 bridgehead atoms. The molecule has 0 aliphatic rings. The molecule has 0 saturated heterocycles. The van der Waals surface area contributed by atoms with Gasteiger partial charge in [-0.3, -0.25) is 0 Å². The number of hydrogen-bond donors (Lipinski definition) is 1. The molecule has 2 aromatic rings. The normalized spacial score (nSPS) is 10.3. The molecular formula is C7H8N4. The Morgan fingerprint density at radius 1 is 1.45 bits per heavy atom. The van der Waals surface area contributed by atoms with Crippen LogP contribution in [0.15, 0.2) is 24.8 Å². The van der Waals surface area contributed by atoms with Gasteiger partial charge in [0.1, 0.15) is 5.82 Å². The van der Waals surface area contributed by atoms with Gasteiger partial charge >= 0.3 is 0 Å². The highest BCUT2D eigenvalue weighted by Crippen LogP contribution is 2.03. The molecule has 2 rings (SSSR count). The van der Waals surface area contributed by atoms with Gasteiger partial charge in [0.25, 0.3) is 0 Å². The third kappa shape index (κ3) is 0.920. The van der Waals surface area contributed by atoms with Crippen LogP contribution in [0.3, 0.4) is 0 Å². The first-order valence-corrected chi connectivity index (χ1v) is 3.36. The first-order valence-electron chi connectivity index (χ1n) is 3.36. The third-order valence-electron chi connectivity index (χ3n) is 1.54. The molecule has 0 atom stereocenters. The van der Waals surface area contributed by atoms with Crippen molar-refractivity contribution in [2.75, 3.05) is 12.4 Å². The van der Waals surface area contributed by atoms with Crippen LogP contribution in [0.5, 0.6) is 0 Å². The van der Waals surface area contributed by atoms with Crippen molar-refractivity contribution in [3.8, 4) is 0 Å². The highest BCUT2D eigenvalue weighted by molar-refractivity contribution is 5.41. The van der Waals surface area contributed by atoms with Crippen LogP contribution < -0.4 is 5.32 Å². The Kier molecular flexibility index (Phi) is 1.25. The summed E-state index contributed by atoms with van der Waals surface area (Å²) in [6.07, 6.45) is 7.25. The SMILES string of the molecule is CNc1cn2ccnc2cn1. The minimum Gasteiger partial charge on any atom is -0.372 e. The maximum atomic E-state index is 4.10. The van der Waals surface area contributed by atoms with E-state index in [9.17, 15) is 0 Å². The summed E-state index contributed by atoms with van der Waals surface area (Å²) in [5.41, 5.74) is 0.865. The lowest BCUT2D eigenvalue weighted by Crippen LogP contribution is -1.94. The van der Waals surface area contributed by atoms with Crippen molar-refractivity contribution in [3.63, 3.8) is 0 Å². The van der Waals surface area contributed by atoms with Gasteiger partial charge in [0.2, 0.25) is 0 Å². The van der Waals surface area contributed by atoms with E-state index in [1.807, 2.05) is 23.8 Å². The fourth-order valence-corrected chi connectivity index (χ4v) is 0.955. The predicted octanol–water partition coefficient (Wildman–Crippen LogP) is 0.771. The molecular weight excluding hydrogens is 140 g/mol. The number of fused-ring (bicyclic) bond motifs is 1. The average molecular weight is 148 g/mol. The fourth-order valence-electron chi connectivity index (χ4n) is 0.955. The molecule has 0 aliphatic carbocycles. The van der Waals surface area contributed by atoms with Crippen molar-refractivity contribution in [1.29, 1.82) is 0 Å². The van der Waals surface area contributed by atoms with E-state index in [4.69, 9.17) is 0 Å². The summed E-state index contributed by atoms with van der Waals surface area (Å²) < 4.78 is 1.92. The molecule has 4 nitrogen and oxygen atoms in total. The lowest BCUT2D eigenvalue weighted by atomic mass is 10.6. The maximum absolute atomic E-state index is 4.10. The van der Waals surface area contributed by atoms with E-state index in [2.05, 4.69) is 15.3 Å². The number of nitrogens with zero attached hydrogens (tertiary/aromatic N) is 3. The Bertz CT molecular complexity index is 365. The minimum atomic E-state index is 0.843. The summed E-state index contributed by atoms with van der Waals surface area (Å²) in [5, 5.41) is 2.95. The van der Waals surface area contributed by atoms with Crippen LogP contribution in [0, 0.1) is 0 Å². The van der Waals surface area contributed by atoms with Crippen LogP contribution in [0.25, 0.3) is 5.65 Å². The first kappa shape index (κ1) is 6.15. The molecule has 0 amide bonds. The number of anilines is 1. The lowest BCUT2D eigenvalue weighted by molar-refractivity contribution is 1.12. The Morgan fingerprint density at radius 3 is 3.18 bits per heavy atom. The largest absolute Gasteiger partial charge is 0.372 e. The summed E-state index contributed by atoms with van der Waals surface area (Å²) in [6.45, 7) is 0. The zero-order chi connectivity index (χ0) is 7.68. The molecule has 0 aromatic carbocycles. The number of rotatable bonds is 1. The van der Waals surface area contributed by atoms with E-state index in [-0.39, 0.29) is 0 Å². The molecule has 0 radical (unpaired) electrons. The Labute approximate surface area is 63.9 Å². The predicted molar refractivity (Wildman–Crippen MR) is 42.5 cm³/mol. The van der Waals surface area contributed by atoms with E-state index in [0.717, 1.165) is 11.5 Å². The molecule has 0 unspecified atom stereocenters. The van der Waals surface area contributed by atoms with E-state index in [1.54, 1.807) is 12.4 Å². The van der Waals surface area contributed by atoms with Gasteiger partial charge in [-0.05, 0) is 0 Å².